The number of nitrogens with one attached hydrogen (secondary N) is 2. The predicted molar refractivity (Wildman–Crippen MR) is 95.7 cm³/mol. The summed E-state index contributed by atoms with van der Waals surface area (Å²) in [5, 5.41) is 6.32. The number of amides is 1. The molecule has 0 saturated heterocycles. The fraction of sp³-hybridized carbons (Fsp3) is 0.632. The van der Waals surface area contributed by atoms with Gasteiger partial charge in [-0.15, -0.1) is 0 Å². The van der Waals surface area contributed by atoms with Crippen molar-refractivity contribution in [2.45, 2.75) is 59.1 Å². The zero-order chi connectivity index (χ0) is 17.5. The van der Waals surface area contributed by atoms with Gasteiger partial charge in [0.2, 0.25) is 0 Å². The molecule has 0 saturated carbocycles. The molecule has 0 bridgehead atoms. The van der Waals surface area contributed by atoms with Gasteiger partial charge in [-0.05, 0) is 45.1 Å². The molecule has 130 valence electrons. The van der Waals surface area contributed by atoms with Crippen LogP contribution in [-0.2, 0) is 4.74 Å². The summed E-state index contributed by atoms with van der Waals surface area (Å²) in [6.07, 6.45) is -0.365. The average Bonchev–Trinajstić information content (AvgIpc) is 2.41. The highest BCUT2D eigenvalue weighted by atomic mass is 16.6. The van der Waals surface area contributed by atoms with Crippen LogP contribution in [0.2, 0.25) is 0 Å². The van der Waals surface area contributed by atoms with Crippen molar-refractivity contribution in [2.75, 3.05) is 13.1 Å². The first-order chi connectivity index (χ1) is 10.7. The van der Waals surface area contributed by atoms with Gasteiger partial charge >= 0.3 is 6.09 Å². The largest absolute Gasteiger partial charge is 0.444 e. The van der Waals surface area contributed by atoms with Gasteiger partial charge in [-0.3, -0.25) is 0 Å². The summed E-state index contributed by atoms with van der Waals surface area (Å²) in [6.45, 7) is 13.7. The molecule has 1 amide bonds. The van der Waals surface area contributed by atoms with Crippen molar-refractivity contribution in [1.29, 1.82) is 0 Å². The van der Waals surface area contributed by atoms with Crippen molar-refractivity contribution in [3.8, 4) is 0 Å². The van der Waals surface area contributed by atoms with Gasteiger partial charge in [0, 0.05) is 19.1 Å². The first kappa shape index (κ1) is 19.5. The number of rotatable bonds is 7. The molecule has 2 N–H and O–H groups in total. The van der Waals surface area contributed by atoms with E-state index in [0.717, 1.165) is 13.1 Å². The second-order valence-corrected chi connectivity index (χ2v) is 7.47. The lowest BCUT2D eigenvalue weighted by Gasteiger charge is -2.24. The van der Waals surface area contributed by atoms with Gasteiger partial charge < -0.3 is 15.4 Å². The molecule has 0 aliphatic heterocycles. The Kier molecular flexibility index (Phi) is 7.56. The summed E-state index contributed by atoms with van der Waals surface area (Å²) in [5.74, 6) is 1.02. The van der Waals surface area contributed by atoms with Crippen LogP contribution in [0, 0.1) is 5.92 Å². The Morgan fingerprint density at radius 3 is 2.22 bits per heavy atom. The molecule has 1 rings (SSSR count). The monoisotopic (exact) mass is 320 g/mol. The van der Waals surface area contributed by atoms with Gasteiger partial charge in [-0.1, -0.05) is 44.2 Å². The van der Waals surface area contributed by atoms with E-state index in [-0.39, 0.29) is 12.1 Å². The molecule has 4 nitrogen and oxygen atoms in total. The third-order valence-electron chi connectivity index (χ3n) is 3.61. The topological polar surface area (TPSA) is 50.4 Å². The van der Waals surface area contributed by atoms with Crippen molar-refractivity contribution >= 4 is 6.09 Å². The number of carbonyl (C=O) groups is 1. The van der Waals surface area contributed by atoms with Crippen LogP contribution in [0.5, 0.6) is 0 Å². The van der Waals surface area contributed by atoms with E-state index in [9.17, 15) is 4.79 Å². The van der Waals surface area contributed by atoms with Gasteiger partial charge in [0.05, 0.1) is 0 Å². The van der Waals surface area contributed by atoms with E-state index in [0.29, 0.717) is 11.8 Å². The quantitative estimate of drug-likeness (QED) is 0.800. The van der Waals surface area contributed by atoms with Gasteiger partial charge in [0.15, 0.2) is 0 Å². The molecular formula is C19H32N2O2. The van der Waals surface area contributed by atoms with Crippen LogP contribution in [0.4, 0.5) is 4.79 Å². The van der Waals surface area contributed by atoms with Gasteiger partial charge in [-0.25, -0.2) is 4.79 Å². The summed E-state index contributed by atoms with van der Waals surface area (Å²) < 4.78 is 5.27. The van der Waals surface area contributed by atoms with Crippen molar-refractivity contribution in [2.24, 2.45) is 5.92 Å². The van der Waals surface area contributed by atoms with Gasteiger partial charge in [0.1, 0.15) is 5.60 Å². The van der Waals surface area contributed by atoms with Crippen LogP contribution >= 0.6 is 0 Å². The van der Waals surface area contributed by atoms with E-state index < -0.39 is 5.60 Å². The maximum absolute atomic E-state index is 11.7. The van der Waals surface area contributed by atoms with Crippen molar-refractivity contribution in [1.82, 2.24) is 10.6 Å². The minimum absolute atomic E-state index is 0.0217. The summed E-state index contributed by atoms with van der Waals surface area (Å²) in [6, 6.07) is 10.6. The Morgan fingerprint density at radius 2 is 1.70 bits per heavy atom. The Bertz CT molecular complexity index is 466. The smallest absolute Gasteiger partial charge is 0.407 e. The zero-order valence-corrected chi connectivity index (χ0v) is 15.3. The molecule has 2 unspecified atom stereocenters. The maximum Gasteiger partial charge on any atom is 0.407 e. The summed E-state index contributed by atoms with van der Waals surface area (Å²) in [7, 11) is 0. The van der Waals surface area contributed by atoms with E-state index in [1.165, 1.54) is 5.56 Å². The van der Waals surface area contributed by atoms with Crippen LogP contribution < -0.4 is 10.6 Å². The first-order valence-corrected chi connectivity index (χ1v) is 8.44. The number of hydrogen-bond donors (Lipinski definition) is 2. The molecule has 1 aromatic carbocycles. The van der Waals surface area contributed by atoms with Crippen LogP contribution in [-0.4, -0.2) is 30.8 Å². The number of carbonyl (C=O) groups excluding carboxylic acids is 1. The van der Waals surface area contributed by atoms with E-state index >= 15 is 0 Å². The standard InChI is InChI=1S/C19H32N2O2/c1-14(2)17(16-10-8-7-9-11-16)13-20-12-15(3)21-18(22)23-19(4,5)6/h7-11,14-15,17,20H,12-13H2,1-6H3,(H,21,22). The fourth-order valence-corrected chi connectivity index (χ4v) is 2.45. The minimum Gasteiger partial charge on any atom is -0.444 e. The Balaban J connectivity index is 2.40. The molecule has 0 aliphatic carbocycles. The number of benzene rings is 1. The van der Waals surface area contributed by atoms with Gasteiger partial charge in [-0.2, -0.15) is 0 Å². The summed E-state index contributed by atoms with van der Waals surface area (Å²) in [4.78, 5) is 11.7. The van der Waals surface area contributed by atoms with Crippen LogP contribution in [0.1, 0.15) is 53.0 Å². The highest BCUT2D eigenvalue weighted by Gasteiger charge is 2.18. The molecule has 0 aliphatic rings. The van der Waals surface area contributed by atoms with Gasteiger partial charge in [0.25, 0.3) is 0 Å². The SMILES string of the molecule is CC(CNCC(c1ccccc1)C(C)C)NC(=O)OC(C)(C)C. The maximum atomic E-state index is 11.7. The number of hydrogen-bond acceptors (Lipinski definition) is 3. The van der Waals surface area contributed by atoms with Crippen molar-refractivity contribution in [3.05, 3.63) is 35.9 Å². The van der Waals surface area contributed by atoms with Crippen molar-refractivity contribution < 1.29 is 9.53 Å². The Hall–Kier alpha value is -1.55. The normalized spacial score (nSPS) is 14.4. The van der Waals surface area contributed by atoms with Crippen LogP contribution in [0.25, 0.3) is 0 Å². The third kappa shape index (κ3) is 8.03. The fourth-order valence-electron chi connectivity index (χ4n) is 2.45. The molecule has 23 heavy (non-hydrogen) atoms. The first-order valence-electron chi connectivity index (χ1n) is 8.44. The number of ether oxygens (including phenoxy) is 1. The lowest BCUT2D eigenvalue weighted by atomic mass is 9.88. The Morgan fingerprint density at radius 1 is 1.09 bits per heavy atom. The highest BCUT2D eigenvalue weighted by molar-refractivity contribution is 5.68. The Labute approximate surface area is 141 Å². The molecule has 0 fully saturated rings. The second-order valence-electron chi connectivity index (χ2n) is 7.47. The predicted octanol–water partition coefficient (Wildman–Crippen LogP) is 3.93. The lowest BCUT2D eigenvalue weighted by molar-refractivity contribution is 0.0508. The van der Waals surface area contributed by atoms with Crippen molar-refractivity contribution in [3.63, 3.8) is 0 Å². The molecular weight excluding hydrogens is 288 g/mol. The molecule has 0 heterocycles. The lowest BCUT2D eigenvalue weighted by Crippen LogP contribution is -2.43. The molecule has 2 atom stereocenters. The zero-order valence-electron chi connectivity index (χ0n) is 15.3. The number of alkyl carbamates (subject to hydrolysis) is 1. The third-order valence-corrected chi connectivity index (χ3v) is 3.61. The summed E-state index contributed by atoms with van der Waals surface area (Å²) >= 11 is 0. The minimum atomic E-state index is -0.465. The molecule has 0 aromatic heterocycles. The van der Waals surface area contributed by atoms with E-state index in [4.69, 9.17) is 4.74 Å². The molecule has 4 heteroatoms. The summed E-state index contributed by atoms with van der Waals surface area (Å²) in [5.41, 5.74) is 0.885. The molecule has 1 aromatic rings. The van der Waals surface area contributed by atoms with Crippen LogP contribution in [0.3, 0.4) is 0 Å². The molecule has 0 radical (unpaired) electrons. The average molecular weight is 320 g/mol. The van der Waals surface area contributed by atoms with E-state index in [1.807, 2.05) is 33.8 Å². The molecule has 0 spiro atoms. The van der Waals surface area contributed by atoms with E-state index in [2.05, 4.69) is 48.7 Å². The second kappa shape index (κ2) is 8.92. The van der Waals surface area contributed by atoms with E-state index in [1.54, 1.807) is 0 Å². The van der Waals surface area contributed by atoms with Crippen LogP contribution in [0.15, 0.2) is 30.3 Å². The highest BCUT2D eigenvalue weighted by Crippen LogP contribution is 2.23.